The van der Waals surface area contributed by atoms with Gasteiger partial charge in [-0.05, 0) is 56.2 Å². The highest BCUT2D eigenvalue weighted by Gasteiger charge is 2.38. The fourth-order valence-corrected chi connectivity index (χ4v) is 5.86. The molecule has 2 atom stereocenters. The van der Waals surface area contributed by atoms with Gasteiger partial charge in [0.1, 0.15) is 23.9 Å². The molecule has 0 unspecified atom stereocenters. The molecule has 4 bridgehead atoms. The van der Waals surface area contributed by atoms with Gasteiger partial charge in [-0.15, -0.1) is 0 Å². The van der Waals surface area contributed by atoms with E-state index in [1.165, 1.54) is 19.5 Å². The Bertz CT molecular complexity index is 1810. The zero-order valence-electron chi connectivity index (χ0n) is 26.0. The van der Waals surface area contributed by atoms with Crippen molar-refractivity contribution in [2.45, 2.75) is 45.4 Å². The number of benzene rings is 2. The highest BCUT2D eigenvalue weighted by molar-refractivity contribution is 5.95. The SMILES string of the molecule is COc1cc2ccc1CNC(=O)c1ccc(OC)c(c1)OCC(=O)N[C@@H]1CN(C(=O)CCc3c(C)nc4ncnn4c3C)C[C@H]1O2. The zero-order chi connectivity index (χ0) is 32.4. The number of amides is 3. The summed E-state index contributed by atoms with van der Waals surface area (Å²) in [7, 11) is 3.02. The zero-order valence-corrected chi connectivity index (χ0v) is 26.0. The Morgan fingerprint density at radius 1 is 1.07 bits per heavy atom. The molecule has 2 aromatic heterocycles. The van der Waals surface area contributed by atoms with Crippen LogP contribution in [0.2, 0.25) is 0 Å². The normalized spacial score (nSPS) is 18.2. The van der Waals surface area contributed by atoms with E-state index in [9.17, 15) is 14.4 Å². The van der Waals surface area contributed by atoms with E-state index in [-0.39, 0.29) is 50.2 Å². The van der Waals surface area contributed by atoms with Gasteiger partial charge in [-0.1, -0.05) is 0 Å². The van der Waals surface area contributed by atoms with Gasteiger partial charge in [0.2, 0.25) is 5.91 Å². The third kappa shape index (κ3) is 6.23. The summed E-state index contributed by atoms with van der Waals surface area (Å²) in [6.07, 6.45) is 1.62. The Hall–Kier alpha value is -5.40. The van der Waals surface area contributed by atoms with Crippen LogP contribution >= 0.6 is 0 Å². The maximum absolute atomic E-state index is 13.5. The summed E-state index contributed by atoms with van der Waals surface area (Å²) in [5.41, 5.74) is 3.72. The Kier molecular flexibility index (Phi) is 8.59. The van der Waals surface area contributed by atoms with E-state index in [1.54, 1.807) is 40.8 Å². The number of nitrogens with zero attached hydrogens (tertiary/aromatic N) is 5. The standard InChI is InChI=1S/C32H35N7O7/c1-18-23(19(2)39-32(36-18)34-17-35-39)8-10-30(41)38-14-24-28(15-38)46-22-7-5-21(26(12-22)44-4)13-33-31(42)20-6-9-25(43-3)27(11-20)45-16-29(40)37-24/h5-7,9,11-12,17,24,28H,8,10,13-16H2,1-4H3,(H,33,42)(H,37,40)/t24-,28-/m1/s1. The second-order valence-electron chi connectivity index (χ2n) is 11.2. The molecule has 2 N–H and O–H groups in total. The minimum atomic E-state index is -0.548. The van der Waals surface area contributed by atoms with Crippen molar-refractivity contribution < 1.29 is 33.3 Å². The van der Waals surface area contributed by atoms with Crippen molar-refractivity contribution in [1.82, 2.24) is 35.1 Å². The molecule has 1 fully saturated rings. The van der Waals surface area contributed by atoms with Crippen LogP contribution in [-0.4, -0.2) is 88.3 Å². The van der Waals surface area contributed by atoms with Gasteiger partial charge in [0.15, 0.2) is 18.1 Å². The van der Waals surface area contributed by atoms with Crippen LogP contribution in [0.15, 0.2) is 42.7 Å². The van der Waals surface area contributed by atoms with E-state index in [4.69, 9.17) is 18.9 Å². The summed E-state index contributed by atoms with van der Waals surface area (Å²) in [5.74, 6) is 1.34. The molecule has 0 radical (unpaired) electrons. The van der Waals surface area contributed by atoms with E-state index >= 15 is 0 Å². The third-order valence-corrected chi connectivity index (χ3v) is 8.31. The van der Waals surface area contributed by atoms with Gasteiger partial charge in [-0.25, -0.2) is 9.50 Å². The highest BCUT2D eigenvalue weighted by atomic mass is 16.5. The molecule has 3 aliphatic rings. The van der Waals surface area contributed by atoms with Crippen LogP contribution in [-0.2, 0) is 22.6 Å². The van der Waals surface area contributed by atoms with Crippen molar-refractivity contribution in [2.24, 2.45) is 0 Å². The lowest BCUT2D eigenvalue weighted by atomic mass is 10.1. The first-order chi connectivity index (χ1) is 22.2. The summed E-state index contributed by atoms with van der Waals surface area (Å²) >= 11 is 0. The molecule has 3 aliphatic heterocycles. The number of rotatable bonds is 5. The molecule has 2 aromatic carbocycles. The molecular weight excluding hydrogens is 594 g/mol. The Balaban J connectivity index is 1.23. The molecule has 14 heteroatoms. The number of hydrogen-bond acceptors (Lipinski definition) is 10. The topological polar surface area (TPSA) is 159 Å². The quantitative estimate of drug-likeness (QED) is 0.333. The number of nitrogens with one attached hydrogen (secondary N) is 2. The Morgan fingerprint density at radius 2 is 1.89 bits per heavy atom. The fraction of sp³-hybridized carbons (Fsp3) is 0.375. The lowest BCUT2D eigenvalue weighted by molar-refractivity contribution is -0.130. The molecule has 0 saturated carbocycles. The largest absolute Gasteiger partial charge is 0.496 e. The van der Waals surface area contributed by atoms with E-state index in [0.717, 1.165) is 22.5 Å². The lowest BCUT2D eigenvalue weighted by Crippen LogP contribution is -2.46. The third-order valence-electron chi connectivity index (χ3n) is 8.31. The van der Waals surface area contributed by atoms with Crippen molar-refractivity contribution in [1.29, 1.82) is 0 Å². The van der Waals surface area contributed by atoms with Crippen molar-refractivity contribution in [3.05, 3.63) is 70.8 Å². The van der Waals surface area contributed by atoms with E-state index in [0.29, 0.717) is 35.0 Å². The maximum Gasteiger partial charge on any atom is 0.258 e. The molecule has 5 heterocycles. The summed E-state index contributed by atoms with van der Waals surface area (Å²) in [4.78, 5) is 50.0. The average molecular weight is 630 g/mol. The number of ether oxygens (including phenoxy) is 4. The maximum atomic E-state index is 13.5. The van der Waals surface area contributed by atoms with Gasteiger partial charge in [-0.2, -0.15) is 10.1 Å². The number of aromatic nitrogens is 4. The van der Waals surface area contributed by atoms with Crippen molar-refractivity contribution in [3.8, 4) is 23.0 Å². The molecule has 0 spiro atoms. The number of aryl methyl sites for hydroxylation is 2. The number of fused-ring (bicyclic) bond motifs is 8. The smallest absolute Gasteiger partial charge is 0.258 e. The van der Waals surface area contributed by atoms with Gasteiger partial charge in [0.05, 0.1) is 26.8 Å². The van der Waals surface area contributed by atoms with Crippen LogP contribution in [0, 0.1) is 13.8 Å². The first-order valence-corrected chi connectivity index (χ1v) is 14.9. The van der Waals surface area contributed by atoms with Gasteiger partial charge in [0, 0.05) is 48.1 Å². The Morgan fingerprint density at radius 3 is 2.70 bits per heavy atom. The van der Waals surface area contributed by atoms with Gasteiger partial charge < -0.3 is 34.5 Å². The fourth-order valence-electron chi connectivity index (χ4n) is 5.86. The first-order valence-electron chi connectivity index (χ1n) is 14.9. The van der Waals surface area contributed by atoms with E-state index in [2.05, 4.69) is 25.7 Å². The number of likely N-dealkylation sites (tertiary alicyclic amines) is 1. The number of carbonyl (C=O) groups is 3. The minimum absolute atomic E-state index is 0.0774. The average Bonchev–Trinajstić information content (AvgIpc) is 3.69. The molecule has 0 aliphatic carbocycles. The summed E-state index contributed by atoms with van der Waals surface area (Å²) in [5, 5.41) is 10.1. The molecule has 1 saturated heterocycles. The van der Waals surface area contributed by atoms with Crippen LogP contribution < -0.4 is 29.6 Å². The number of hydrogen-bond donors (Lipinski definition) is 2. The molecule has 240 valence electrons. The molecule has 4 aromatic rings. The van der Waals surface area contributed by atoms with Crippen LogP contribution in [0.4, 0.5) is 0 Å². The van der Waals surface area contributed by atoms with Crippen LogP contribution in [0.25, 0.3) is 5.78 Å². The molecular formula is C32H35N7O7. The Labute approximate surface area is 265 Å². The predicted octanol–water partition coefficient (Wildman–Crippen LogP) is 1.79. The van der Waals surface area contributed by atoms with Crippen molar-refractivity contribution in [3.63, 3.8) is 0 Å². The monoisotopic (exact) mass is 629 g/mol. The van der Waals surface area contributed by atoms with E-state index < -0.39 is 18.1 Å². The van der Waals surface area contributed by atoms with Crippen LogP contribution in [0.3, 0.4) is 0 Å². The first kappa shape index (κ1) is 30.6. The second-order valence-corrected chi connectivity index (χ2v) is 11.2. The second kappa shape index (κ2) is 12.9. The predicted molar refractivity (Wildman–Crippen MR) is 164 cm³/mol. The minimum Gasteiger partial charge on any atom is -0.496 e. The molecule has 46 heavy (non-hydrogen) atoms. The van der Waals surface area contributed by atoms with Gasteiger partial charge in [-0.3, -0.25) is 14.4 Å². The van der Waals surface area contributed by atoms with Crippen molar-refractivity contribution in [2.75, 3.05) is 33.9 Å². The summed E-state index contributed by atoms with van der Waals surface area (Å²) in [6.45, 7) is 4.22. The van der Waals surface area contributed by atoms with Crippen LogP contribution in [0.1, 0.15) is 39.3 Å². The molecule has 7 rings (SSSR count). The van der Waals surface area contributed by atoms with Crippen molar-refractivity contribution >= 4 is 23.5 Å². The molecule has 14 nitrogen and oxygen atoms in total. The lowest BCUT2D eigenvalue weighted by Gasteiger charge is -2.22. The van der Waals surface area contributed by atoms with Gasteiger partial charge >= 0.3 is 0 Å². The summed E-state index contributed by atoms with van der Waals surface area (Å²) < 4.78 is 24.8. The molecule has 3 amide bonds. The van der Waals surface area contributed by atoms with Crippen LogP contribution in [0.5, 0.6) is 23.0 Å². The number of methoxy groups -OCH3 is 2. The van der Waals surface area contributed by atoms with E-state index in [1.807, 2.05) is 19.9 Å². The summed E-state index contributed by atoms with van der Waals surface area (Å²) in [6, 6.07) is 9.56. The number of carbonyl (C=O) groups excluding carboxylic acids is 3. The highest BCUT2D eigenvalue weighted by Crippen LogP contribution is 2.30. The van der Waals surface area contributed by atoms with Gasteiger partial charge in [0.25, 0.3) is 17.6 Å².